The fraction of sp³-hybridized carbons (Fsp3) is 0.353. The normalized spacial score (nSPS) is 19.1. The lowest BCUT2D eigenvalue weighted by Crippen LogP contribution is -2.34. The number of methoxy groups -OCH3 is 1. The summed E-state index contributed by atoms with van der Waals surface area (Å²) in [6.07, 6.45) is -1.52. The van der Waals surface area contributed by atoms with Crippen molar-refractivity contribution in [2.45, 2.75) is 12.6 Å². The number of hydrogen-bond acceptors (Lipinski definition) is 6. The molecule has 0 bridgehead atoms. The first-order chi connectivity index (χ1) is 12.6. The maximum absolute atomic E-state index is 12.2. The summed E-state index contributed by atoms with van der Waals surface area (Å²) in [5, 5.41) is 3.36. The maximum Gasteiger partial charge on any atom is 0.414 e. The Morgan fingerprint density at radius 3 is 3.00 bits per heavy atom. The van der Waals surface area contributed by atoms with Gasteiger partial charge >= 0.3 is 18.2 Å². The average Bonchev–Trinajstić information content (AvgIpc) is 3.20. The van der Waals surface area contributed by atoms with Gasteiger partial charge in [0.25, 0.3) is 0 Å². The van der Waals surface area contributed by atoms with Crippen LogP contribution in [0.2, 0.25) is 0 Å². The Bertz CT molecular complexity index is 905. The minimum absolute atomic E-state index is 0.170. The van der Waals surface area contributed by atoms with Crippen LogP contribution in [0.1, 0.15) is 10.5 Å². The average molecular weight is 359 g/mol. The highest BCUT2D eigenvalue weighted by Crippen LogP contribution is 2.29. The third-order valence-electron chi connectivity index (χ3n) is 4.49. The summed E-state index contributed by atoms with van der Waals surface area (Å²) in [7, 11) is 1.27. The number of nitrogens with zero attached hydrogens (tertiary/aromatic N) is 2. The molecule has 9 nitrogen and oxygen atoms in total. The van der Waals surface area contributed by atoms with E-state index in [0.717, 1.165) is 10.9 Å². The molecule has 9 heteroatoms. The van der Waals surface area contributed by atoms with Gasteiger partial charge in [0.15, 0.2) is 0 Å². The van der Waals surface area contributed by atoms with Crippen LogP contribution in [0, 0.1) is 0 Å². The number of esters is 1. The van der Waals surface area contributed by atoms with E-state index in [4.69, 9.17) is 9.47 Å². The van der Waals surface area contributed by atoms with Gasteiger partial charge in [-0.3, -0.25) is 4.90 Å². The summed E-state index contributed by atoms with van der Waals surface area (Å²) in [5.74, 6) is -0.344. The van der Waals surface area contributed by atoms with Crippen molar-refractivity contribution in [1.82, 2.24) is 9.88 Å². The third kappa shape index (κ3) is 2.71. The molecule has 0 spiro atoms. The lowest BCUT2D eigenvalue weighted by Gasteiger charge is -2.16. The third-order valence-corrected chi connectivity index (χ3v) is 4.49. The molecule has 1 aromatic heterocycles. The SMILES string of the molecule is COC(=O)NC[C@H]1CN(c2ccc3c(c2)cc2n3CCOC2=O)C(=O)O1. The van der Waals surface area contributed by atoms with E-state index in [9.17, 15) is 14.4 Å². The zero-order valence-electron chi connectivity index (χ0n) is 14.1. The smallest absolute Gasteiger partial charge is 0.414 e. The van der Waals surface area contributed by atoms with Crippen LogP contribution in [-0.4, -0.2) is 55.6 Å². The summed E-state index contributed by atoms with van der Waals surface area (Å²) in [6, 6.07) is 7.29. The molecular weight excluding hydrogens is 342 g/mol. The molecule has 1 aromatic carbocycles. The fourth-order valence-corrected chi connectivity index (χ4v) is 3.25. The predicted molar refractivity (Wildman–Crippen MR) is 90.2 cm³/mol. The van der Waals surface area contributed by atoms with E-state index in [0.29, 0.717) is 31.1 Å². The van der Waals surface area contributed by atoms with Crippen molar-refractivity contribution >= 4 is 34.7 Å². The molecule has 0 aliphatic carbocycles. The molecule has 2 aliphatic rings. The van der Waals surface area contributed by atoms with Crippen LogP contribution >= 0.6 is 0 Å². The second kappa shape index (κ2) is 6.25. The van der Waals surface area contributed by atoms with Gasteiger partial charge in [-0.15, -0.1) is 0 Å². The van der Waals surface area contributed by atoms with Crippen LogP contribution in [0.5, 0.6) is 0 Å². The highest BCUT2D eigenvalue weighted by molar-refractivity contribution is 5.99. The van der Waals surface area contributed by atoms with E-state index < -0.39 is 18.3 Å². The first kappa shape index (κ1) is 16.2. The summed E-state index contributed by atoms with van der Waals surface area (Å²) >= 11 is 0. The monoisotopic (exact) mass is 359 g/mol. The number of amides is 2. The summed E-state index contributed by atoms with van der Waals surface area (Å²) in [5.41, 5.74) is 2.09. The predicted octanol–water partition coefficient (Wildman–Crippen LogP) is 1.49. The van der Waals surface area contributed by atoms with Gasteiger partial charge in [0.05, 0.1) is 26.7 Å². The van der Waals surface area contributed by atoms with Crippen LogP contribution in [0.15, 0.2) is 24.3 Å². The van der Waals surface area contributed by atoms with Crippen molar-refractivity contribution in [2.75, 3.05) is 31.7 Å². The van der Waals surface area contributed by atoms with Crippen molar-refractivity contribution < 1.29 is 28.6 Å². The number of cyclic esters (lactones) is 2. The zero-order chi connectivity index (χ0) is 18.3. The Kier molecular flexibility index (Phi) is 3.90. The molecule has 4 rings (SSSR count). The number of alkyl carbamates (subject to hydrolysis) is 1. The topological polar surface area (TPSA) is 99.1 Å². The summed E-state index contributed by atoms with van der Waals surface area (Å²) < 4.78 is 16.7. The van der Waals surface area contributed by atoms with E-state index in [1.165, 1.54) is 12.0 Å². The number of anilines is 1. The Morgan fingerprint density at radius 1 is 1.35 bits per heavy atom. The Balaban J connectivity index is 1.56. The largest absolute Gasteiger partial charge is 0.459 e. The number of rotatable bonds is 3. The lowest BCUT2D eigenvalue weighted by molar-refractivity contribution is 0.0426. The molecule has 1 atom stereocenters. The number of fused-ring (bicyclic) bond motifs is 3. The van der Waals surface area contributed by atoms with Gasteiger partial charge in [-0.2, -0.15) is 0 Å². The Morgan fingerprint density at radius 2 is 2.19 bits per heavy atom. The second-order valence-electron chi connectivity index (χ2n) is 6.05. The Hall–Kier alpha value is -3.23. The lowest BCUT2D eigenvalue weighted by atomic mass is 10.2. The molecule has 2 amide bonds. The number of carbonyl (C=O) groups excluding carboxylic acids is 3. The van der Waals surface area contributed by atoms with Crippen molar-refractivity contribution in [3.8, 4) is 0 Å². The van der Waals surface area contributed by atoms with Crippen molar-refractivity contribution in [1.29, 1.82) is 0 Å². The van der Waals surface area contributed by atoms with Crippen LogP contribution in [0.3, 0.4) is 0 Å². The molecule has 1 saturated heterocycles. The Labute approximate surface area is 148 Å². The molecule has 1 fully saturated rings. The van der Waals surface area contributed by atoms with Crippen LogP contribution in [0.4, 0.5) is 15.3 Å². The molecule has 3 heterocycles. The number of ether oxygens (including phenoxy) is 3. The van der Waals surface area contributed by atoms with E-state index in [2.05, 4.69) is 10.1 Å². The van der Waals surface area contributed by atoms with Gasteiger partial charge in [-0.1, -0.05) is 0 Å². The number of aromatic nitrogens is 1. The van der Waals surface area contributed by atoms with E-state index >= 15 is 0 Å². The maximum atomic E-state index is 12.2. The number of hydrogen-bond donors (Lipinski definition) is 1. The molecule has 0 saturated carbocycles. The standard InChI is InChI=1S/C17H17N3O6/c1-24-16(22)18-8-12-9-20(17(23)26-12)11-2-3-13-10(6-11)7-14-15(21)25-5-4-19(13)14/h2-3,6-7,12H,4-5,8-9H2,1H3,(H,18,22)/t12-/m0/s1. The van der Waals surface area contributed by atoms with Gasteiger partial charge in [0.2, 0.25) is 0 Å². The van der Waals surface area contributed by atoms with Gasteiger partial charge < -0.3 is 24.1 Å². The molecule has 0 radical (unpaired) electrons. The van der Waals surface area contributed by atoms with E-state index in [1.54, 1.807) is 6.07 Å². The van der Waals surface area contributed by atoms with Gasteiger partial charge in [-0.05, 0) is 24.3 Å². The minimum atomic E-state index is -0.577. The highest BCUT2D eigenvalue weighted by atomic mass is 16.6. The minimum Gasteiger partial charge on any atom is -0.459 e. The molecule has 2 aliphatic heterocycles. The van der Waals surface area contributed by atoms with E-state index in [1.807, 2.05) is 22.8 Å². The first-order valence-electron chi connectivity index (χ1n) is 8.17. The van der Waals surface area contributed by atoms with Gasteiger partial charge in [-0.25, -0.2) is 14.4 Å². The zero-order valence-corrected chi connectivity index (χ0v) is 14.1. The first-order valence-corrected chi connectivity index (χ1v) is 8.17. The van der Waals surface area contributed by atoms with Crippen LogP contribution in [0.25, 0.3) is 10.9 Å². The number of benzene rings is 1. The quantitative estimate of drug-likeness (QED) is 0.658. The molecule has 2 aromatic rings. The fourth-order valence-electron chi connectivity index (χ4n) is 3.25. The molecule has 1 N–H and O–H groups in total. The van der Waals surface area contributed by atoms with Crippen LogP contribution in [-0.2, 0) is 20.8 Å². The number of carbonyl (C=O) groups is 3. The summed E-state index contributed by atoms with van der Waals surface area (Å²) in [4.78, 5) is 36.7. The number of nitrogens with one attached hydrogen (secondary N) is 1. The van der Waals surface area contributed by atoms with Crippen molar-refractivity contribution in [3.63, 3.8) is 0 Å². The van der Waals surface area contributed by atoms with Crippen molar-refractivity contribution in [2.24, 2.45) is 0 Å². The molecular formula is C17H17N3O6. The van der Waals surface area contributed by atoms with Crippen molar-refractivity contribution in [3.05, 3.63) is 30.0 Å². The second-order valence-corrected chi connectivity index (χ2v) is 6.05. The van der Waals surface area contributed by atoms with Gasteiger partial charge in [0.1, 0.15) is 18.4 Å². The molecule has 136 valence electrons. The molecule has 26 heavy (non-hydrogen) atoms. The van der Waals surface area contributed by atoms with Gasteiger partial charge in [0, 0.05) is 16.6 Å². The summed E-state index contributed by atoms with van der Waals surface area (Å²) in [6.45, 7) is 1.44. The van der Waals surface area contributed by atoms with Crippen LogP contribution < -0.4 is 10.2 Å². The van der Waals surface area contributed by atoms with E-state index in [-0.39, 0.29) is 12.5 Å². The highest BCUT2D eigenvalue weighted by Gasteiger charge is 2.33. The molecule has 0 unspecified atom stereocenters.